The van der Waals surface area contributed by atoms with Crippen LogP contribution in [0.5, 0.6) is 0 Å². The Balaban J connectivity index is 2.04. The molecule has 1 aliphatic heterocycles. The first-order valence-corrected chi connectivity index (χ1v) is 6.15. The van der Waals surface area contributed by atoms with Gasteiger partial charge in [-0.2, -0.15) is 0 Å². The molecule has 0 bridgehead atoms. The first-order valence-electron chi connectivity index (χ1n) is 5.33. The summed E-state index contributed by atoms with van der Waals surface area (Å²) in [5, 5.41) is 4.37. The number of carbonyl (C=O) groups excluding carboxylic acids is 1. The van der Waals surface area contributed by atoms with Crippen molar-refractivity contribution in [2.24, 2.45) is 5.92 Å². The third-order valence-corrected chi connectivity index (χ3v) is 3.98. The minimum atomic E-state index is 0.142. The number of rotatable bonds is 2. The van der Waals surface area contributed by atoms with Crippen molar-refractivity contribution in [1.29, 1.82) is 0 Å². The zero-order valence-corrected chi connectivity index (χ0v) is 9.99. The number of aryl methyl sites for hydroxylation is 2. The van der Waals surface area contributed by atoms with Gasteiger partial charge in [0.2, 0.25) is 0 Å². The largest absolute Gasteiger partial charge is 0.316 e. The molecule has 0 spiro atoms. The first kappa shape index (κ1) is 10.8. The Kier molecular flexibility index (Phi) is 3.17. The highest BCUT2D eigenvalue weighted by atomic mass is 32.1. The van der Waals surface area contributed by atoms with E-state index < -0.39 is 0 Å². The number of nitrogens with zero attached hydrogens (tertiary/aromatic N) is 1. The summed E-state index contributed by atoms with van der Waals surface area (Å²) in [7, 11) is 0. The summed E-state index contributed by atoms with van der Waals surface area (Å²) in [5.41, 5.74) is 1.10. The van der Waals surface area contributed by atoms with E-state index in [1.54, 1.807) is 11.3 Å². The van der Waals surface area contributed by atoms with E-state index in [2.05, 4.69) is 17.2 Å². The van der Waals surface area contributed by atoms with Gasteiger partial charge in [-0.15, -0.1) is 11.3 Å². The average molecular weight is 224 g/mol. The molecule has 15 heavy (non-hydrogen) atoms. The fourth-order valence-electron chi connectivity index (χ4n) is 1.83. The van der Waals surface area contributed by atoms with Crippen molar-refractivity contribution in [1.82, 2.24) is 10.3 Å². The van der Waals surface area contributed by atoms with E-state index >= 15 is 0 Å². The fraction of sp³-hybridized carbons (Fsp3) is 0.636. The van der Waals surface area contributed by atoms with Crippen molar-refractivity contribution in [2.45, 2.75) is 26.7 Å². The number of thiazole rings is 1. The van der Waals surface area contributed by atoms with Crippen LogP contribution in [0.4, 0.5) is 0 Å². The average Bonchev–Trinajstić information content (AvgIpc) is 2.50. The number of nitrogens with one attached hydrogen (secondary N) is 1. The topological polar surface area (TPSA) is 42.0 Å². The van der Waals surface area contributed by atoms with Gasteiger partial charge in [-0.05, 0) is 13.8 Å². The molecule has 0 aliphatic carbocycles. The molecule has 0 radical (unpaired) electrons. The van der Waals surface area contributed by atoms with Gasteiger partial charge in [-0.3, -0.25) is 4.79 Å². The Bertz CT molecular complexity index is 353. The molecule has 1 aromatic heterocycles. The van der Waals surface area contributed by atoms with Gasteiger partial charge in [0.25, 0.3) is 0 Å². The van der Waals surface area contributed by atoms with Gasteiger partial charge >= 0.3 is 0 Å². The third-order valence-electron chi connectivity index (χ3n) is 2.89. The lowest BCUT2D eigenvalue weighted by atomic mass is 9.95. The van der Waals surface area contributed by atoms with Crippen LogP contribution >= 0.6 is 11.3 Å². The molecule has 2 heterocycles. The Morgan fingerprint density at radius 3 is 2.93 bits per heavy atom. The molecule has 1 saturated heterocycles. The summed E-state index contributed by atoms with van der Waals surface area (Å²) in [4.78, 5) is 17.4. The molecule has 4 heteroatoms. The summed E-state index contributed by atoms with van der Waals surface area (Å²) in [6, 6.07) is 0. The van der Waals surface area contributed by atoms with E-state index in [-0.39, 0.29) is 5.92 Å². The second kappa shape index (κ2) is 4.41. The standard InChI is InChI=1S/C11H16N2OS/c1-7-8(2)15-11(13-7)5-9-6-12-4-3-10(9)14/h9,12H,3-6H2,1-2H3. The third kappa shape index (κ3) is 2.44. The summed E-state index contributed by atoms with van der Waals surface area (Å²) < 4.78 is 0. The maximum atomic E-state index is 11.6. The molecule has 1 aliphatic rings. The number of aromatic nitrogens is 1. The second-order valence-electron chi connectivity index (χ2n) is 4.07. The number of piperidine rings is 1. The zero-order chi connectivity index (χ0) is 10.8. The molecule has 3 nitrogen and oxygen atoms in total. The van der Waals surface area contributed by atoms with E-state index in [0.29, 0.717) is 12.2 Å². The summed E-state index contributed by atoms with van der Waals surface area (Å²) >= 11 is 1.72. The van der Waals surface area contributed by atoms with Crippen molar-refractivity contribution >= 4 is 17.1 Å². The van der Waals surface area contributed by atoms with E-state index in [1.165, 1.54) is 4.88 Å². The molecule has 1 atom stereocenters. The lowest BCUT2D eigenvalue weighted by molar-refractivity contribution is -0.123. The molecular formula is C11H16N2OS. The summed E-state index contributed by atoms with van der Waals surface area (Å²) in [6.45, 7) is 5.76. The van der Waals surface area contributed by atoms with E-state index in [1.807, 2.05) is 6.92 Å². The minimum Gasteiger partial charge on any atom is -0.316 e. The maximum absolute atomic E-state index is 11.6. The van der Waals surface area contributed by atoms with E-state index in [4.69, 9.17) is 0 Å². The van der Waals surface area contributed by atoms with Crippen LogP contribution in [-0.4, -0.2) is 23.9 Å². The number of hydrogen-bond donors (Lipinski definition) is 1. The Labute approximate surface area is 93.9 Å². The highest BCUT2D eigenvalue weighted by molar-refractivity contribution is 7.11. The summed E-state index contributed by atoms with van der Waals surface area (Å²) in [5.74, 6) is 0.531. The number of Topliss-reactive ketones (excluding diaryl/α,β-unsaturated/α-hetero) is 1. The molecule has 0 aromatic carbocycles. The van der Waals surface area contributed by atoms with Crippen molar-refractivity contribution in [2.75, 3.05) is 13.1 Å². The molecule has 1 N–H and O–H groups in total. The van der Waals surface area contributed by atoms with E-state index in [0.717, 1.165) is 30.2 Å². The molecule has 0 saturated carbocycles. The van der Waals surface area contributed by atoms with E-state index in [9.17, 15) is 4.79 Å². The molecule has 1 fully saturated rings. The van der Waals surface area contributed by atoms with Gasteiger partial charge in [0.15, 0.2) is 0 Å². The Morgan fingerprint density at radius 2 is 2.33 bits per heavy atom. The Morgan fingerprint density at radius 1 is 1.53 bits per heavy atom. The normalized spacial score (nSPS) is 22.0. The van der Waals surface area contributed by atoms with Crippen LogP contribution in [-0.2, 0) is 11.2 Å². The second-order valence-corrected chi connectivity index (χ2v) is 5.36. The highest BCUT2D eigenvalue weighted by Crippen LogP contribution is 2.21. The number of carbonyl (C=O) groups is 1. The molecule has 0 amide bonds. The predicted molar refractivity (Wildman–Crippen MR) is 61.3 cm³/mol. The highest BCUT2D eigenvalue weighted by Gasteiger charge is 2.23. The SMILES string of the molecule is Cc1nc(CC2CNCCC2=O)sc1C. The smallest absolute Gasteiger partial charge is 0.138 e. The molecular weight excluding hydrogens is 208 g/mol. The van der Waals surface area contributed by atoms with Crippen LogP contribution in [0.15, 0.2) is 0 Å². The zero-order valence-electron chi connectivity index (χ0n) is 9.17. The van der Waals surface area contributed by atoms with Crippen LogP contribution in [0, 0.1) is 19.8 Å². The molecule has 2 rings (SSSR count). The van der Waals surface area contributed by atoms with Crippen molar-refractivity contribution in [3.8, 4) is 0 Å². The van der Waals surface area contributed by atoms with Gasteiger partial charge in [0.1, 0.15) is 5.78 Å². The molecule has 1 aromatic rings. The first-order chi connectivity index (χ1) is 7.16. The van der Waals surface area contributed by atoms with Gasteiger partial charge in [0, 0.05) is 36.7 Å². The minimum absolute atomic E-state index is 0.142. The van der Waals surface area contributed by atoms with Crippen molar-refractivity contribution in [3.63, 3.8) is 0 Å². The molecule has 1 unspecified atom stereocenters. The van der Waals surface area contributed by atoms with Crippen LogP contribution in [0.3, 0.4) is 0 Å². The van der Waals surface area contributed by atoms with Gasteiger partial charge < -0.3 is 5.32 Å². The van der Waals surface area contributed by atoms with Crippen molar-refractivity contribution < 1.29 is 4.79 Å². The predicted octanol–water partition coefficient (Wildman–Crippen LogP) is 1.48. The molecule has 82 valence electrons. The number of hydrogen-bond acceptors (Lipinski definition) is 4. The van der Waals surface area contributed by atoms with Crippen molar-refractivity contribution in [3.05, 3.63) is 15.6 Å². The Hall–Kier alpha value is -0.740. The van der Waals surface area contributed by atoms with Gasteiger partial charge in [-0.25, -0.2) is 4.98 Å². The quantitative estimate of drug-likeness (QED) is 0.827. The summed E-state index contributed by atoms with van der Waals surface area (Å²) in [6.07, 6.45) is 1.49. The van der Waals surface area contributed by atoms with Gasteiger partial charge in [0.05, 0.1) is 10.7 Å². The fourth-order valence-corrected chi connectivity index (χ4v) is 2.84. The lowest BCUT2D eigenvalue weighted by Gasteiger charge is -2.20. The van der Waals surface area contributed by atoms with Crippen LogP contribution in [0.25, 0.3) is 0 Å². The van der Waals surface area contributed by atoms with Crippen LogP contribution in [0.1, 0.15) is 22.0 Å². The number of ketones is 1. The lowest BCUT2D eigenvalue weighted by Crippen LogP contribution is -2.37. The van der Waals surface area contributed by atoms with Crippen LogP contribution in [0.2, 0.25) is 0 Å². The monoisotopic (exact) mass is 224 g/mol. The maximum Gasteiger partial charge on any atom is 0.138 e. The van der Waals surface area contributed by atoms with Gasteiger partial charge in [-0.1, -0.05) is 0 Å². The van der Waals surface area contributed by atoms with Crippen LogP contribution < -0.4 is 5.32 Å².